The number of aromatic nitrogens is 3. The molecular formula is C30H35N7O2. The van der Waals surface area contributed by atoms with E-state index < -0.39 is 0 Å². The third-order valence-electron chi connectivity index (χ3n) is 6.73. The SMILES string of the molecule is C=CC(=O)Nc1cc(Nc2nccc(-c3cn(C)c4ccccc34)n2)c(OC2CC2)cc1N(C)CCN(C)C. The number of nitrogens with zero attached hydrogens (tertiary/aromatic N) is 5. The van der Waals surface area contributed by atoms with Gasteiger partial charge in [-0.3, -0.25) is 4.79 Å². The maximum absolute atomic E-state index is 12.3. The molecule has 202 valence electrons. The Balaban J connectivity index is 1.52. The summed E-state index contributed by atoms with van der Waals surface area (Å²) in [4.78, 5) is 25.9. The predicted molar refractivity (Wildman–Crippen MR) is 158 cm³/mol. The van der Waals surface area contributed by atoms with Crippen LogP contribution in [0.5, 0.6) is 5.75 Å². The number of anilines is 4. The van der Waals surface area contributed by atoms with Crippen LogP contribution < -0.4 is 20.3 Å². The van der Waals surface area contributed by atoms with E-state index in [1.807, 2.05) is 58.5 Å². The summed E-state index contributed by atoms with van der Waals surface area (Å²) in [7, 11) is 8.11. The zero-order valence-electron chi connectivity index (χ0n) is 22.9. The molecule has 0 unspecified atom stereocenters. The summed E-state index contributed by atoms with van der Waals surface area (Å²) in [6.45, 7) is 5.25. The number of hydrogen-bond acceptors (Lipinski definition) is 7. The normalized spacial score (nSPS) is 12.9. The van der Waals surface area contributed by atoms with Crippen molar-refractivity contribution in [2.75, 3.05) is 49.8 Å². The average molecular weight is 526 g/mol. The number of carbonyl (C=O) groups is 1. The fraction of sp³-hybridized carbons (Fsp3) is 0.300. The topological polar surface area (TPSA) is 87.5 Å². The summed E-state index contributed by atoms with van der Waals surface area (Å²) in [5, 5.41) is 7.45. The Labute approximate surface area is 229 Å². The maximum atomic E-state index is 12.3. The molecule has 2 heterocycles. The Hall–Kier alpha value is -4.37. The van der Waals surface area contributed by atoms with E-state index in [4.69, 9.17) is 9.72 Å². The maximum Gasteiger partial charge on any atom is 0.247 e. The Morgan fingerprint density at radius 3 is 2.69 bits per heavy atom. The van der Waals surface area contributed by atoms with E-state index in [1.54, 1.807) is 6.20 Å². The van der Waals surface area contributed by atoms with Gasteiger partial charge in [-0.25, -0.2) is 9.97 Å². The molecule has 39 heavy (non-hydrogen) atoms. The van der Waals surface area contributed by atoms with Crippen LogP contribution in [-0.2, 0) is 11.8 Å². The van der Waals surface area contributed by atoms with E-state index >= 15 is 0 Å². The van der Waals surface area contributed by atoms with Gasteiger partial charge in [-0.15, -0.1) is 0 Å². The molecular weight excluding hydrogens is 490 g/mol. The van der Waals surface area contributed by atoms with Crippen LogP contribution in [0.1, 0.15) is 12.8 Å². The van der Waals surface area contributed by atoms with E-state index in [1.165, 1.54) is 6.08 Å². The number of fused-ring (bicyclic) bond motifs is 1. The molecule has 0 atom stereocenters. The largest absolute Gasteiger partial charge is 0.488 e. The minimum atomic E-state index is -0.284. The highest BCUT2D eigenvalue weighted by Gasteiger charge is 2.26. The number of rotatable bonds is 11. The third kappa shape index (κ3) is 6.04. The summed E-state index contributed by atoms with van der Waals surface area (Å²) in [5.41, 5.74) is 5.17. The molecule has 2 aromatic heterocycles. The van der Waals surface area contributed by atoms with Crippen LogP contribution >= 0.6 is 0 Å². The molecule has 5 rings (SSSR count). The van der Waals surface area contributed by atoms with Gasteiger partial charge in [0, 0.05) is 62.1 Å². The second-order valence-electron chi connectivity index (χ2n) is 10.2. The van der Waals surface area contributed by atoms with Crippen LogP contribution in [-0.4, -0.2) is 65.7 Å². The van der Waals surface area contributed by atoms with Gasteiger partial charge in [-0.2, -0.15) is 0 Å². The van der Waals surface area contributed by atoms with Gasteiger partial charge in [0.05, 0.1) is 28.9 Å². The van der Waals surface area contributed by atoms with Crippen molar-refractivity contribution in [2.45, 2.75) is 18.9 Å². The number of ether oxygens (including phenoxy) is 1. The highest BCUT2D eigenvalue weighted by molar-refractivity contribution is 6.02. The van der Waals surface area contributed by atoms with E-state index in [0.717, 1.165) is 53.8 Å². The van der Waals surface area contributed by atoms with Gasteiger partial charge in [-0.05, 0) is 51.2 Å². The van der Waals surface area contributed by atoms with Crippen LogP contribution in [0.2, 0.25) is 0 Å². The molecule has 1 amide bonds. The molecule has 1 fully saturated rings. The second-order valence-corrected chi connectivity index (χ2v) is 10.2. The smallest absolute Gasteiger partial charge is 0.247 e. The average Bonchev–Trinajstić information content (AvgIpc) is 3.69. The first kappa shape index (κ1) is 26.2. The lowest BCUT2D eigenvalue weighted by atomic mass is 10.1. The zero-order valence-corrected chi connectivity index (χ0v) is 22.9. The van der Waals surface area contributed by atoms with Crippen LogP contribution in [0.3, 0.4) is 0 Å². The summed E-state index contributed by atoms with van der Waals surface area (Å²) >= 11 is 0. The Morgan fingerprint density at radius 2 is 1.95 bits per heavy atom. The van der Waals surface area contributed by atoms with Gasteiger partial charge in [0.25, 0.3) is 0 Å². The zero-order chi connectivity index (χ0) is 27.5. The Kier molecular flexibility index (Phi) is 7.51. The first-order chi connectivity index (χ1) is 18.8. The van der Waals surface area contributed by atoms with Crippen LogP contribution in [0.25, 0.3) is 22.2 Å². The van der Waals surface area contributed by atoms with Crippen molar-refractivity contribution in [2.24, 2.45) is 7.05 Å². The lowest BCUT2D eigenvalue weighted by Gasteiger charge is -2.26. The molecule has 0 bridgehead atoms. The number of nitrogens with one attached hydrogen (secondary N) is 2. The first-order valence-electron chi connectivity index (χ1n) is 13.1. The van der Waals surface area contributed by atoms with E-state index in [9.17, 15) is 4.79 Å². The number of likely N-dealkylation sites (N-methyl/N-ethyl adjacent to an activating group) is 2. The van der Waals surface area contributed by atoms with E-state index in [0.29, 0.717) is 23.1 Å². The lowest BCUT2D eigenvalue weighted by molar-refractivity contribution is -0.111. The van der Waals surface area contributed by atoms with Gasteiger partial charge in [0.1, 0.15) is 5.75 Å². The number of carbonyl (C=O) groups excluding carboxylic acids is 1. The number of para-hydroxylation sites is 1. The molecule has 0 radical (unpaired) electrons. The summed E-state index contributed by atoms with van der Waals surface area (Å²) in [6, 6.07) is 14.0. The van der Waals surface area contributed by atoms with Gasteiger partial charge in [-0.1, -0.05) is 24.8 Å². The Morgan fingerprint density at radius 1 is 1.15 bits per heavy atom. The number of hydrogen-bond donors (Lipinski definition) is 2. The van der Waals surface area contributed by atoms with Crippen molar-refractivity contribution >= 4 is 39.8 Å². The van der Waals surface area contributed by atoms with Crippen LogP contribution in [0.4, 0.5) is 23.0 Å². The van der Waals surface area contributed by atoms with Crippen molar-refractivity contribution in [1.29, 1.82) is 0 Å². The van der Waals surface area contributed by atoms with Crippen molar-refractivity contribution < 1.29 is 9.53 Å². The molecule has 1 aliphatic carbocycles. The van der Waals surface area contributed by atoms with E-state index in [-0.39, 0.29) is 12.0 Å². The highest BCUT2D eigenvalue weighted by atomic mass is 16.5. The van der Waals surface area contributed by atoms with Gasteiger partial charge in [0.2, 0.25) is 11.9 Å². The van der Waals surface area contributed by atoms with Crippen molar-refractivity contribution in [3.63, 3.8) is 0 Å². The molecule has 0 aliphatic heterocycles. The minimum absolute atomic E-state index is 0.182. The third-order valence-corrected chi connectivity index (χ3v) is 6.73. The van der Waals surface area contributed by atoms with Gasteiger partial charge < -0.3 is 29.7 Å². The van der Waals surface area contributed by atoms with Gasteiger partial charge in [0.15, 0.2) is 0 Å². The summed E-state index contributed by atoms with van der Waals surface area (Å²) in [6.07, 6.45) is 7.32. The number of aryl methyl sites for hydroxylation is 1. The summed E-state index contributed by atoms with van der Waals surface area (Å²) in [5.74, 6) is 0.851. The van der Waals surface area contributed by atoms with Crippen molar-refractivity contribution in [1.82, 2.24) is 19.4 Å². The molecule has 9 nitrogen and oxygen atoms in total. The van der Waals surface area contributed by atoms with Crippen LogP contribution in [0.15, 0.2) is 67.5 Å². The molecule has 1 saturated carbocycles. The lowest BCUT2D eigenvalue weighted by Crippen LogP contribution is -2.29. The Bertz CT molecular complexity index is 1510. The monoisotopic (exact) mass is 525 g/mol. The highest BCUT2D eigenvalue weighted by Crippen LogP contribution is 2.41. The van der Waals surface area contributed by atoms with E-state index in [2.05, 4.69) is 54.9 Å². The standard InChI is InChI=1S/C30H35N7O2/c1-6-29(38)32-24-17-25(28(39-20-11-12-20)18-27(24)36(4)16-15-35(2)3)34-30-31-14-13-23(33-30)22-19-37(5)26-10-8-7-9-21(22)26/h6-10,13-14,17-20H,1,11-12,15-16H2,2-5H3,(H,32,38)(H,31,33,34). The quantitative estimate of drug-likeness (QED) is 0.265. The van der Waals surface area contributed by atoms with Gasteiger partial charge >= 0.3 is 0 Å². The van der Waals surface area contributed by atoms with Crippen molar-refractivity contribution in [3.05, 3.63) is 67.5 Å². The molecule has 1 aliphatic rings. The molecule has 0 spiro atoms. The molecule has 4 aromatic rings. The van der Waals surface area contributed by atoms with Crippen LogP contribution in [0, 0.1) is 0 Å². The fourth-order valence-electron chi connectivity index (χ4n) is 4.44. The molecule has 9 heteroatoms. The molecule has 0 saturated heterocycles. The fourth-order valence-corrected chi connectivity index (χ4v) is 4.44. The van der Waals surface area contributed by atoms with Crippen molar-refractivity contribution in [3.8, 4) is 17.0 Å². The molecule has 2 aromatic carbocycles. The number of benzene rings is 2. The number of amides is 1. The second kappa shape index (κ2) is 11.2. The summed E-state index contributed by atoms with van der Waals surface area (Å²) < 4.78 is 8.41. The first-order valence-corrected chi connectivity index (χ1v) is 13.1. The molecule has 2 N–H and O–H groups in total. The predicted octanol–water partition coefficient (Wildman–Crippen LogP) is 5.04. The minimum Gasteiger partial charge on any atom is -0.488 e.